The molecule has 0 fully saturated rings. The molecule has 0 bridgehead atoms. The Kier molecular flexibility index (Phi) is 3.83. The third-order valence-corrected chi connectivity index (χ3v) is 3.37. The van der Waals surface area contributed by atoms with Crippen molar-refractivity contribution in [2.75, 3.05) is 14.1 Å². The van der Waals surface area contributed by atoms with Crippen LogP contribution in [0.4, 0.5) is 0 Å². The minimum Gasteiger partial charge on any atom is -0.369 e. The lowest BCUT2D eigenvalue weighted by atomic mass is 10.3. The largest absolute Gasteiger partial charge is 0.384 e. The van der Waals surface area contributed by atoms with E-state index in [1.54, 1.807) is 6.07 Å². The molecule has 0 amide bonds. The summed E-state index contributed by atoms with van der Waals surface area (Å²) < 4.78 is 28.4. The molecule has 0 heterocycles. The third-order valence-electron chi connectivity index (χ3n) is 1.54. The Bertz CT molecular complexity index is 459. The lowest BCUT2D eigenvalue weighted by Crippen LogP contribution is -2.27. The number of hydrogen-bond donors (Lipinski definition) is 0. The van der Waals surface area contributed by atoms with Crippen LogP contribution < -0.4 is 4.18 Å². The number of halogens is 2. The van der Waals surface area contributed by atoms with Crippen molar-refractivity contribution in [1.82, 2.24) is 4.31 Å². The van der Waals surface area contributed by atoms with Gasteiger partial charge < -0.3 is 4.18 Å². The van der Waals surface area contributed by atoms with Crippen LogP contribution in [-0.2, 0) is 10.3 Å². The maximum atomic E-state index is 11.4. The predicted octanol–water partition coefficient (Wildman–Crippen LogP) is 2.18. The van der Waals surface area contributed by atoms with Gasteiger partial charge >= 0.3 is 10.3 Å². The van der Waals surface area contributed by atoms with Crippen LogP contribution in [0.3, 0.4) is 0 Å². The fourth-order valence-corrected chi connectivity index (χ4v) is 1.61. The Balaban J connectivity index is 3.05. The van der Waals surface area contributed by atoms with E-state index in [0.29, 0.717) is 5.02 Å². The summed E-state index contributed by atoms with van der Waals surface area (Å²) in [6.45, 7) is 0. The molecule has 7 heteroatoms. The monoisotopic (exact) mass is 269 g/mol. The summed E-state index contributed by atoms with van der Waals surface area (Å²) >= 11 is 11.4. The zero-order valence-corrected chi connectivity index (χ0v) is 10.4. The van der Waals surface area contributed by atoms with E-state index in [4.69, 9.17) is 27.4 Å². The van der Waals surface area contributed by atoms with Crippen molar-refractivity contribution >= 4 is 33.5 Å². The van der Waals surface area contributed by atoms with E-state index >= 15 is 0 Å². The minimum absolute atomic E-state index is 0.0119. The van der Waals surface area contributed by atoms with Crippen LogP contribution >= 0.6 is 23.2 Å². The molecule has 0 unspecified atom stereocenters. The van der Waals surface area contributed by atoms with E-state index in [2.05, 4.69) is 0 Å². The SMILES string of the molecule is CN(C)S(=O)(=O)Oc1cc(Cl)ccc1Cl. The predicted molar refractivity (Wildman–Crippen MR) is 59.7 cm³/mol. The molecule has 0 N–H and O–H groups in total. The molecule has 84 valence electrons. The minimum atomic E-state index is -3.80. The lowest BCUT2D eigenvalue weighted by molar-refractivity contribution is 0.421. The first-order valence-corrected chi connectivity index (χ1v) is 6.02. The molecule has 1 aromatic rings. The first kappa shape index (κ1) is 12.6. The number of benzene rings is 1. The molecule has 4 nitrogen and oxygen atoms in total. The zero-order valence-electron chi connectivity index (χ0n) is 8.07. The molecule has 0 aromatic heterocycles. The van der Waals surface area contributed by atoms with Crippen LogP contribution in [0.5, 0.6) is 5.75 Å². The van der Waals surface area contributed by atoms with Crippen molar-refractivity contribution < 1.29 is 12.6 Å². The van der Waals surface area contributed by atoms with Crippen molar-refractivity contribution in [3.8, 4) is 5.75 Å². The highest BCUT2D eigenvalue weighted by Gasteiger charge is 2.17. The summed E-state index contributed by atoms with van der Waals surface area (Å²) in [6.07, 6.45) is 0. The molecule has 1 aromatic carbocycles. The first-order chi connectivity index (χ1) is 6.83. The molecule has 0 spiro atoms. The topological polar surface area (TPSA) is 46.6 Å². The number of nitrogens with zero attached hydrogens (tertiary/aromatic N) is 1. The second-order valence-corrected chi connectivity index (χ2v) is 5.49. The fourth-order valence-electron chi connectivity index (χ4n) is 0.729. The molecule has 0 aliphatic rings. The van der Waals surface area contributed by atoms with Crippen molar-refractivity contribution in [1.29, 1.82) is 0 Å². The highest BCUT2D eigenvalue weighted by Crippen LogP contribution is 2.28. The van der Waals surface area contributed by atoms with Gasteiger partial charge in [-0.3, -0.25) is 0 Å². The van der Waals surface area contributed by atoms with Crippen molar-refractivity contribution in [2.45, 2.75) is 0 Å². The summed E-state index contributed by atoms with van der Waals surface area (Å²) in [7, 11) is -1.09. The average Bonchev–Trinajstić information content (AvgIpc) is 2.10. The highest BCUT2D eigenvalue weighted by atomic mass is 35.5. The van der Waals surface area contributed by atoms with E-state index in [-0.39, 0.29) is 10.8 Å². The van der Waals surface area contributed by atoms with Gasteiger partial charge in [-0.25, -0.2) is 0 Å². The summed E-state index contributed by atoms with van der Waals surface area (Å²) in [5.74, 6) is 0.0119. The van der Waals surface area contributed by atoms with Crippen molar-refractivity contribution in [3.05, 3.63) is 28.2 Å². The van der Waals surface area contributed by atoms with Gasteiger partial charge in [0.15, 0.2) is 5.75 Å². The van der Waals surface area contributed by atoms with Gasteiger partial charge in [-0.15, -0.1) is 0 Å². The van der Waals surface area contributed by atoms with Crippen molar-refractivity contribution in [2.24, 2.45) is 0 Å². The van der Waals surface area contributed by atoms with Gasteiger partial charge in [-0.05, 0) is 12.1 Å². The normalized spacial score (nSPS) is 11.8. The Morgan fingerprint density at radius 1 is 1.27 bits per heavy atom. The second-order valence-electron chi connectivity index (χ2n) is 2.90. The van der Waals surface area contributed by atoms with Crippen LogP contribution in [0.2, 0.25) is 10.0 Å². The van der Waals surface area contributed by atoms with Gasteiger partial charge in [0.25, 0.3) is 0 Å². The quantitative estimate of drug-likeness (QED) is 0.845. The molecule has 0 radical (unpaired) electrons. The van der Waals surface area contributed by atoms with E-state index in [1.807, 2.05) is 0 Å². The molecular weight excluding hydrogens is 261 g/mol. The van der Waals surface area contributed by atoms with Crippen LogP contribution in [0.1, 0.15) is 0 Å². The van der Waals surface area contributed by atoms with Gasteiger partial charge in [-0.1, -0.05) is 23.2 Å². The smallest absolute Gasteiger partial charge is 0.369 e. The number of rotatable bonds is 3. The Labute approximate surface area is 98.6 Å². The molecule has 15 heavy (non-hydrogen) atoms. The van der Waals surface area contributed by atoms with Gasteiger partial charge in [0.1, 0.15) is 0 Å². The number of hydrogen-bond acceptors (Lipinski definition) is 3. The van der Waals surface area contributed by atoms with Crippen LogP contribution in [0.25, 0.3) is 0 Å². The van der Waals surface area contributed by atoms with E-state index in [0.717, 1.165) is 4.31 Å². The van der Waals surface area contributed by atoms with Crippen LogP contribution in [0.15, 0.2) is 18.2 Å². The lowest BCUT2D eigenvalue weighted by Gasteiger charge is -2.12. The molecule has 0 atom stereocenters. The Hall–Kier alpha value is -0.490. The van der Waals surface area contributed by atoms with Crippen molar-refractivity contribution in [3.63, 3.8) is 0 Å². The van der Waals surface area contributed by atoms with Gasteiger partial charge in [0.2, 0.25) is 0 Å². The van der Waals surface area contributed by atoms with Gasteiger partial charge in [0, 0.05) is 25.2 Å². The third kappa shape index (κ3) is 3.24. The molecule has 0 aliphatic heterocycles. The average molecular weight is 270 g/mol. The van der Waals surface area contributed by atoms with Gasteiger partial charge in [0.05, 0.1) is 5.02 Å². The summed E-state index contributed by atoms with van der Waals surface area (Å²) in [5.41, 5.74) is 0. The zero-order chi connectivity index (χ0) is 11.6. The van der Waals surface area contributed by atoms with Crippen LogP contribution in [0, 0.1) is 0 Å². The fraction of sp³-hybridized carbons (Fsp3) is 0.250. The molecule has 0 saturated carbocycles. The Morgan fingerprint density at radius 2 is 1.87 bits per heavy atom. The van der Waals surface area contributed by atoms with E-state index in [1.165, 1.54) is 26.2 Å². The molecule has 0 saturated heterocycles. The summed E-state index contributed by atoms with van der Waals surface area (Å²) in [5, 5.41) is 0.535. The maximum Gasteiger partial charge on any atom is 0.384 e. The van der Waals surface area contributed by atoms with E-state index < -0.39 is 10.3 Å². The maximum absolute atomic E-state index is 11.4. The van der Waals surface area contributed by atoms with Crippen LogP contribution in [-0.4, -0.2) is 26.8 Å². The Morgan fingerprint density at radius 3 is 2.40 bits per heavy atom. The summed E-state index contributed by atoms with van der Waals surface area (Å²) in [4.78, 5) is 0. The summed E-state index contributed by atoms with van der Waals surface area (Å²) in [6, 6.07) is 4.34. The molecular formula is C8H9Cl2NO3S. The standard InChI is InChI=1S/C8H9Cl2NO3S/c1-11(2)15(12,13)14-8-5-6(9)3-4-7(8)10/h3-5H,1-2H3. The highest BCUT2D eigenvalue weighted by molar-refractivity contribution is 7.84. The second kappa shape index (κ2) is 4.57. The van der Waals surface area contributed by atoms with Gasteiger partial charge in [-0.2, -0.15) is 12.7 Å². The van der Waals surface area contributed by atoms with E-state index in [9.17, 15) is 8.42 Å². The molecule has 1 rings (SSSR count). The first-order valence-electron chi connectivity index (χ1n) is 3.90. The molecule has 0 aliphatic carbocycles.